The molecule has 0 atom stereocenters. The second-order valence-electron chi connectivity index (χ2n) is 10.4. The van der Waals surface area contributed by atoms with Crippen molar-refractivity contribution in [3.05, 3.63) is 152 Å². The van der Waals surface area contributed by atoms with E-state index in [9.17, 15) is 0 Å². The Morgan fingerprint density at radius 3 is 1.60 bits per heavy atom. The lowest BCUT2D eigenvalue weighted by molar-refractivity contribution is 1.17. The Bertz CT molecular complexity index is 2090. The number of rotatable bonds is 5. The molecule has 43 heavy (non-hydrogen) atoms. The third-order valence-electron chi connectivity index (χ3n) is 7.83. The molecule has 0 radical (unpaired) electrons. The monoisotopic (exact) mass is 551 g/mol. The molecule has 0 fully saturated rings. The molecule has 8 rings (SSSR count). The summed E-state index contributed by atoms with van der Waals surface area (Å²) in [6, 6.07) is 44.0. The summed E-state index contributed by atoms with van der Waals surface area (Å²) in [6.07, 6.45) is 7.39. The van der Waals surface area contributed by atoms with Crippen LogP contribution >= 0.6 is 0 Å². The van der Waals surface area contributed by atoms with Crippen LogP contribution in [0.1, 0.15) is 0 Å². The zero-order valence-electron chi connectivity index (χ0n) is 23.2. The Kier molecular flexibility index (Phi) is 6.05. The standard InChI is InChI=1S/C38H25N5/c1-2-10-37-31(7-1)32-19-22-39-25-38(32)43(37)30-17-15-27(16-18-30)26-11-13-28(14-12-26)29-23-35(33-8-3-5-20-40-33)42-36(24-29)34-9-4-6-21-41-34/h1-25H. The minimum Gasteiger partial charge on any atom is -0.308 e. The molecule has 0 bridgehead atoms. The topological polar surface area (TPSA) is 56.5 Å². The molecule has 0 aliphatic heterocycles. The lowest BCUT2D eigenvalue weighted by Gasteiger charge is -2.11. The number of aromatic nitrogens is 5. The van der Waals surface area contributed by atoms with E-state index in [0.717, 1.165) is 56.2 Å². The smallest absolute Gasteiger partial charge is 0.0900 e. The number of pyridine rings is 4. The fourth-order valence-corrected chi connectivity index (χ4v) is 5.74. The molecule has 0 saturated heterocycles. The Balaban J connectivity index is 1.15. The van der Waals surface area contributed by atoms with Gasteiger partial charge in [0.05, 0.1) is 40.0 Å². The Hall–Kier alpha value is -5.94. The van der Waals surface area contributed by atoms with E-state index in [4.69, 9.17) is 4.98 Å². The highest BCUT2D eigenvalue weighted by Gasteiger charge is 2.13. The van der Waals surface area contributed by atoms with Crippen molar-refractivity contribution >= 4 is 21.8 Å². The van der Waals surface area contributed by atoms with Gasteiger partial charge in [0.1, 0.15) is 0 Å². The summed E-state index contributed by atoms with van der Waals surface area (Å²) in [5.74, 6) is 0. The number of hydrogen-bond donors (Lipinski definition) is 0. The Labute approximate surface area is 248 Å². The Morgan fingerprint density at radius 2 is 0.977 bits per heavy atom. The number of para-hydroxylation sites is 1. The van der Waals surface area contributed by atoms with E-state index in [1.54, 1.807) is 12.4 Å². The first-order valence-electron chi connectivity index (χ1n) is 14.2. The summed E-state index contributed by atoms with van der Waals surface area (Å²) in [5, 5.41) is 2.44. The van der Waals surface area contributed by atoms with Crippen molar-refractivity contribution in [3.63, 3.8) is 0 Å². The average molecular weight is 552 g/mol. The van der Waals surface area contributed by atoms with Crippen molar-refractivity contribution < 1.29 is 0 Å². The maximum absolute atomic E-state index is 4.90. The number of fused-ring (bicyclic) bond motifs is 3. The molecule has 0 unspecified atom stereocenters. The summed E-state index contributed by atoms with van der Waals surface area (Å²) in [6.45, 7) is 0. The van der Waals surface area contributed by atoms with Crippen LogP contribution in [0, 0.1) is 0 Å². The molecular formula is C38H25N5. The van der Waals surface area contributed by atoms with Crippen molar-refractivity contribution in [1.82, 2.24) is 24.5 Å². The molecule has 0 amide bonds. The van der Waals surface area contributed by atoms with Gasteiger partial charge in [-0.3, -0.25) is 15.0 Å². The fraction of sp³-hybridized carbons (Fsp3) is 0. The van der Waals surface area contributed by atoms with E-state index in [1.165, 1.54) is 16.3 Å². The van der Waals surface area contributed by atoms with Crippen molar-refractivity contribution in [2.75, 3.05) is 0 Å². The third-order valence-corrected chi connectivity index (χ3v) is 7.83. The first-order valence-corrected chi connectivity index (χ1v) is 14.2. The van der Waals surface area contributed by atoms with Crippen molar-refractivity contribution in [1.29, 1.82) is 0 Å². The third kappa shape index (κ3) is 4.53. The van der Waals surface area contributed by atoms with E-state index in [0.29, 0.717) is 0 Å². The highest BCUT2D eigenvalue weighted by molar-refractivity contribution is 6.08. The summed E-state index contributed by atoms with van der Waals surface area (Å²) >= 11 is 0. The SMILES string of the molecule is c1ccc(-c2cc(-c3ccc(-c4ccc(-n5c6ccccc6c6ccncc65)cc4)cc3)cc(-c3ccccn3)n2)nc1. The molecule has 0 aliphatic rings. The number of benzene rings is 3. The lowest BCUT2D eigenvalue weighted by atomic mass is 9.99. The molecular weight excluding hydrogens is 526 g/mol. The molecule has 5 nitrogen and oxygen atoms in total. The van der Waals surface area contributed by atoms with Crippen LogP contribution in [-0.2, 0) is 0 Å². The van der Waals surface area contributed by atoms with Gasteiger partial charge in [-0.15, -0.1) is 0 Å². The van der Waals surface area contributed by atoms with Crippen molar-refractivity contribution in [2.45, 2.75) is 0 Å². The normalized spacial score (nSPS) is 11.3. The van der Waals surface area contributed by atoms with Crippen LogP contribution in [0.4, 0.5) is 0 Å². The highest BCUT2D eigenvalue weighted by Crippen LogP contribution is 2.33. The van der Waals surface area contributed by atoms with Gasteiger partial charge in [0.2, 0.25) is 0 Å². The van der Waals surface area contributed by atoms with Crippen LogP contribution in [0.2, 0.25) is 0 Å². The van der Waals surface area contributed by atoms with Crippen LogP contribution in [0.3, 0.4) is 0 Å². The van der Waals surface area contributed by atoms with Gasteiger partial charge in [-0.25, -0.2) is 4.98 Å². The van der Waals surface area contributed by atoms with Crippen molar-refractivity contribution in [3.8, 4) is 50.7 Å². The van der Waals surface area contributed by atoms with Gasteiger partial charge in [0.25, 0.3) is 0 Å². The average Bonchev–Trinajstić information content (AvgIpc) is 3.43. The van der Waals surface area contributed by atoms with E-state index < -0.39 is 0 Å². The van der Waals surface area contributed by atoms with Crippen LogP contribution in [0.15, 0.2) is 152 Å². The zero-order chi connectivity index (χ0) is 28.6. The lowest BCUT2D eigenvalue weighted by Crippen LogP contribution is -1.94. The summed E-state index contributed by atoms with van der Waals surface area (Å²) in [4.78, 5) is 18.4. The molecule has 202 valence electrons. The van der Waals surface area contributed by atoms with Crippen molar-refractivity contribution in [2.24, 2.45) is 0 Å². The van der Waals surface area contributed by atoms with Gasteiger partial charge in [-0.1, -0.05) is 66.7 Å². The van der Waals surface area contributed by atoms with E-state index in [2.05, 4.69) is 111 Å². The first-order chi connectivity index (χ1) is 21.3. The summed E-state index contributed by atoms with van der Waals surface area (Å²) in [5.41, 5.74) is 11.2. The number of hydrogen-bond acceptors (Lipinski definition) is 4. The Morgan fingerprint density at radius 1 is 0.419 bits per heavy atom. The van der Waals surface area contributed by atoms with Gasteiger partial charge in [0, 0.05) is 35.1 Å². The molecule has 5 aromatic heterocycles. The van der Waals surface area contributed by atoms with Crippen LogP contribution in [0.5, 0.6) is 0 Å². The second kappa shape index (κ2) is 10.5. The summed E-state index contributed by atoms with van der Waals surface area (Å²) < 4.78 is 2.28. The molecule has 8 aromatic rings. The molecule has 0 aliphatic carbocycles. The molecule has 0 saturated carbocycles. The van der Waals surface area contributed by atoms with Gasteiger partial charge < -0.3 is 4.57 Å². The van der Waals surface area contributed by atoms with E-state index >= 15 is 0 Å². The van der Waals surface area contributed by atoms with Crippen LogP contribution in [0.25, 0.3) is 72.5 Å². The quantitative estimate of drug-likeness (QED) is 0.214. The molecule has 3 aromatic carbocycles. The maximum Gasteiger partial charge on any atom is 0.0900 e. The van der Waals surface area contributed by atoms with Gasteiger partial charge >= 0.3 is 0 Å². The minimum atomic E-state index is 0.818. The first kappa shape index (κ1) is 24.8. The molecule has 5 heteroatoms. The van der Waals surface area contributed by atoms with E-state index in [1.807, 2.05) is 48.8 Å². The molecule has 0 N–H and O–H groups in total. The predicted molar refractivity (Wildman–Crippen MR) is 174 cm³/mol. The predicted octanol–water partition coefficient (Wildman–Crippen LogP) is 9.03. The van der Waals surface area contributed by atoms with Gasteiger partial charge in [-0.05, 0) is 82.9 Å². The fourth-order valence-electron chi connectivity index (χ4n) is 5.74. The zero-order valence-corrected chi connectivity index (χ0v) is 23.2. The molecule has 0 spiro atoms. The highest BCUT2D eigenvalue weighted by atomic mass is 15.0. The van der Waals surface area contributed by atoms with E-state index in [-0.39, 0.29) is 0 Å². The van der Waals surface area contributed by atoms with Crippen LogP contribution < -0.4 is 0 Å². The minimum absolute atomic E-state index is 0.818. The van der Waals surface area contributed by atoms with Crippen LogP contribution in [-0.4, -0.2) is 24.5 Å². The van der Waals surface area contributed by atoms with Gasteiger partial charge in [-0.2, -0.15) is 0 Å². The summed E-state index contributed by atoms with van der Waals surface area (Å²) in [7, 11) is 0. The largest absolute Gasteiger partial charge is 0.308 e. The van der Waals surface area contributed by atoms with Gasteiger partial charge in [0.15, 0.2) is 0 Å². The second-order valence-corrected chi connectivity index (χ2v) is 10.4. The maximum atomic E-state index is 4.90. The number of nitrogens with zero attached hydrogens (tertiary/aromatic N) is 5. The molecule has 5 heterocycles.